The van der Waals surface area contributed by atoms with Gasteiger partial charge in [0.15, 0.2) is 0 Å². The van der Waals surface area contributed by atoms with Gasteiger partial charge in [0, 0.05) is 12.0 Å². The van der Waals surface area contributed by atoms with Gasteiger partial charge in [0.25, 0.3) is 0 Å². The maximum Gasteiger partial charge on any atom is 0.149 e. The first-order valence-electron chi connectivity index (χ1n) is 5.63. The van der Waals surface area contributed by atoms with Gasteiger partial charge in [-0.2, -0.15) is 0 Å². The Kier molecular flexibility index (Phi) is 3.41. The van der Waals surface area contributed by atoms with Crippen LogP contribution in [0.25, 0.3) is 6.08 Å². The molecule has 1 aromatic carbocycles. The molecule has 0 aliphatic heterocycles. The van der Waals surface area contributed by atoms with Gasteiger partial charge in [0.2, 0.25) is 0 Å². The zero-order valence-corrected chi connectivity index (χ0v) is 10.9. The predicted octanol–water partition coefficient (Wildman–Crippen LogP) is 3.21. The van der Waals surface area contributed by atoms with Gasteiger partial charge in [0.1, 0.15) is 8.96 Å². The van der Waals surface area contributed by atoms with E-state index in [-0.39, 0.29) is 6.04 Å². The summed E-state index contributed by atoms with van der Waals surface area (Å²) in [6.07, 6.45) is 6.43. The van der Waals surface area contributed by atoms with Gasteiger partial charge in [0.05, 0.1) is 0 Å². The summed E-state index contributed by atoms with van der Waals surface area (Å²) in [5.74, 6) is 0.397. The summed E-state index contributed by atoms with van der Waals surface area (Å²) in [6, 6.07) is 8.78. The number of rotatable bonds is 4. The fourth-order valence-corrected chi connectivity index (χ4v) is 3.02. The smallest absolute Gasteiger partial charge is 0.149 e. The molecule has 2 heteroatoms. The van der Waals surface area contributed by atoms with E-state index in [1.165, 1.54) is 11.1 Å². The molecule has 0 amide bonds. The van der Waals surface area contributed by atoms with Crippen LogP contribution in [0.4, 0.5) is 0 Å². The highest BCUT2D eigenvalue weighted by Crippen LogP contribution is 2.33. The van der Waals surface area contributed by atoms with E-state index in [2.05, 4.69) is 56.1 Å². The van der Waals surface area contributed by atoms with Crippen molar-refractivity contribution in [2.24, 2.45) is 0 Å². The van der Waals surface area contributed by atoms with Crippen LogP contribution in [0.15, 0.2) is 43.0 Å². The van der Waals surface area contributed by atoms with Crippen LogP contribution in [0.3, 0.4) is 0 Å². The Morgan fingerprint density at radius 1 is 1.38 bits per heavy atom. The number of hydrogen-bond acceptors (Lipinski definition) is 0. The van der Waals surface area contributed by atoms with E-state index in [1.807, 2.05) is 6.08 Å². The Labute approximate surface area is 99.6 Å². The van der Waals surface area contributed by atoms with Gasteiger partial charge in [-0.15, -0.1) is 6.58 Å². The van der Waals surface area contributed by atoms with Crippen LogP contribution in [0.2, 0.25) is 13.1 Å². The molecular weight excluding hydrogens is 210 g/mol. The highest BCUT2D eigenvalue weighted by molar-refractivity contribution is 6.52. The summed E-state index contributed by atoms with van der Waals surface area (Å²) in [5, 5.41) is 0. The van der Waals surface area contributed by atoms with Gasteiger partial charge in [-0.25, -0.2) is 0 Å². The molecule has 0 fully saturated rings. The third-order valence-corrected chi connectivity index (χ3v) is 3.67. The van der Waals surface area contributed by atoms with Crippen LogP contribution < -0.4 is 4.98 Å². The van der Waals surface area contributed by atoms with Gasteiger partial charge < -0.3 is 0 Å². The lowest BCUT2D eigenvalue weighted by Gasteiger charge is -2.21. The van der Waals surface area contributed by atoms with Gasteiger partial charge in [-0.3, -0.25) is 4.98 Å². The van der Waals surface area contributed by atoms with E-state index in [1.54, 1.807) is 0 Å². The van der Waals surface area contributed by atoms with Crippen molar-refractivity contribution in [3.8, 4) is 0 Å². The minimum atomic E-state index is -0.564. The summed E-state index contributed by atoms with van der Waals surface area (Å²) >= 11 is 0. The lowest BCUT2D eigenvalue weighted by molar-refractivity contribution is 0.662. The second-order valence-electron chi connectivity index (χ2n) is 4.32. The standard InChI is InChI=1S/C14H17NSi/c1-4-14(15-16(2)3)13-10-9-11-7-5-6-8-12(11)13/h4-10,13-14H,1H2,2-3H3. The molecule has 0 saturated carbocycles. The maximum absolute atomic E-state index is 4.81. The van der Waals surface area contributed by atoms with Crippen molar-refractivity contribution >= 4 is 15.0 Å². The number of fused-ring (bicyclic) bond motifs is 1. The quantitative estimate of drug-likeness (QED) is 0.554. The molecular formula is C14H17NSi. The minimum absolute atomic E-state index is 0.240. The van der Waals surface area contributed by atoms with E-state index >= 15 is 0 Å². The van der Waals surface area contributed by atoms with Gasteiger partial charge in [-0.05, 0) is 11.1 Å². The van der Waals surface area contributed by atoms with Crippen molar-refractivity contribution in [3.63, 3.8) is 0 Å². The third kappa shape index (κ3) is 2.18. The van der Waals surface area contributed by atoms with Crippen LogP contribution in [0, 0.1) is 0 Å². The fraction of sp³-hybridized carbons (Fsp3) is 0.286. The first-order chi connectivity index (χ1) is 7.72. The average Bonchev–Trinajstić information content (AvgIpc) is 2.69. The van der Waals surface area contributed by atoms with Crippen LogP contribution in [-0.4, -0.2) is 15.0 Å². The molecule has 0 saturated heterocycles. The van der Waals surface area contributed by atoms with Crippen molar-refractivity contribution in [1.82, 2.24) is 4.98 Å². The molecule has 16 heavy (non-hydrogen) atoms. The van der Waals surface area contributed by atoms with E-state index in [4.69, 9.17) is 4.98 Å². The van der Waals surface area contributed by atoms with Crippen molar-refractivity contribution in [1.29, 1.82) is 0 Å². The molecule has 0 spiro atoms. The summed E-state index contributed by atoms with van der Waals surface area (Å²) in [4.78, 5) is 4.81. The number of hydrogen-bond donors (Lipinski definition) is 0. The van der Waals surface area contributed by atoms with Gasteiger partial charge >= 0.3 is 0 Å². The molecule has 0 bridgehead atoms. The van der Waals surface area contributed by atoms with E-state index in [9.17, 15) is 0 Å². The molecule has 1 nitrogen and oxygen atoms in total. The fourth-order valence-electron chi connectivity index (χ4n) is 2.15. The molecule has 82 valence electrons. The average molecular weight is 227 g/mol. The first-order valence-corrected chi connectivity index (χ1v) is 8.08. The highest BCUT2D eigenvalue weighted by atomic mass is 28.3. The molecule has 1 aliphatic carbocycles. The zero-order valence-electron chi connectivity index (χ0n) is 9.85. The summed E-state index contributed by atoms with van der Waals surface area (Å²) in [5.41, 5.74) is 2.72. The summed E-state index contributed by atoms with van der Waals surface area (Å²) < 4.78 is 0. The third-order valence-electron chi connectivity index (χ3n) is 2.85. The van der Waals surface area contributed by atoms with Crippen LogP contribution in [0.5, 0.6) is 0 Å². The molecule has 2 rings (SSSR count). The van der Waals surface area contributed by atoms with Crippen LogP contribution in [-0.2, 0) is 0 Å². The predicted molar refractivity (Wildman–Crippen MR) is 71.8 cm³/mol. The Morgan fingerprint density at radius 3 is 2.81 bits per heavy atom. The lowest BCUT2D eigenvalue weighted by atomic mass is 9.94. The Balaban J connectivity index is 2.23. The molecule has 0 heterocycles. The molecule has 2 radical (unpaired) electrons. The second kappa shape index (κ2) is 4.81. The summed E-state index contributed by atoms with van der Waals surface area (Å²) in [7, 11) is -0.564. The van der Waals surface area contributed by atoms with Crippen LogP contribution in [0.1, 0.15) is 17.0 Å². The number of benzene rings is 1. The van der Waals surface area contributed by atoms with Crippen molar-refractivity contribution in [2.75, 3.05) is 0 Å². The first kappa shape index (κ1) is 11.4. The summed E-state index contributed by atoms with van der Waals surface area (Å²) in [6.45, 7) is 8.35. The van der Waals surface area contributed by atoms with Crippen LogP contribution >= 0.6 is 0 Å². The molecule has 1 aromatic rings. The molecule has 1 aliphatic rings. The Morgan fingerprint density at radius 2 is 2.12 bits per heavy atom. The Bertz CT molecular complexity index is 409. The monoisotopic (exact) mass is 227 g/mol. The molecule has 2 atom stereocenters. The minimum Gasteiger partial charge on any atom is -0.263 e. The van der Waals surface area contributed by atoms with Crippen molar-refractivity contribution in [3.05, 3.63) is 54.1 Å². The molecule has 0 N–H and O–H groups in total. The normalized spacial score (nSPS) is 19.8. The molecule has 2 unspecified atom stereocenters. The second-order valence-corrected chi connectivity index (χ2v) is 6.47. The topological polar surface area (TPSA) is 14.1 Å². The SMILES string of the molecule is C=CC([N][Si](C)C)C1C=Cc2ccccc21. The van der Waals surface area contributed by atoms with E-state index in [0.717, 1.165) is 0 Å². The van der Waals surface area contributed by atoms with Crippen molar-refractivity contribution < 1.29 is 0 Å². The zero-order chi connectivity index (χ0) is 11.5. The maximum atomic E-state index is 4.81. The number of nitrogens with zero attached hydrogens (tertiary/aromatic N) is 1. The van der Waals surface area contributed by atoms with E-state index < -0.39 is 8.96 Å². The van der Waals surface area contributed by atoms with Crippen molar-refractivity contribution in [2.45, 2.75) is 25.1 Å². The van der Waals surface area contributed by atoms with Gasteiger partial charge in [-0.1, -0.05) is 55.6 Å². The molecule has 0 aromatic heterocycles. The highest BCUT2D eigenvalue weighted by Gasteiger charge is 2.24. The lowest BCUT2D eigenvalue weighted by Crippen LogP contribution is -2.33. The van der Waals surface area contributed by atoms with E-state index in [0.29, 0.717) is 5.92 Å². The Hall–Kier alpha value is -1.12. The largest absolute Gasteiger partial charge is 0.263 e.